The maximum Gasteiger partial charge on any atom is 0.191 e. The van der Waals surface area contributed by atoms with Gasteiger partial charge in [-0.25, -0.2) is 9.97 Å². The van der Waals surface area contributed by atoms with Crippen molar-refractivity contribution in [2.24, 2.45) is 0 Å². The first-order valence-corrected chi connectivity index (χ1v) is 10.2. The lowest BCUT2D eigenvalue weighted by atomic mass is 10.2. The van der Waals surface area contributed by atoms with E-state index in [1.807, 2.05) is 22.7 Å². The molecular weight excluding hydrogens is 372 g/mol. The minimum atomic E-state index is 0.655. The van der Waals surface area contributed by atoms with Crippen LogP contribution in [0.2, 0.25) is 0 Å². The van der Waals surface area contributed by atoms with Crippen molar-refractivity contribution in [3.63, 3.8) is 0 Å². The number of benzene rings is 2. The zero-order valence-corrected chi connectivity index (χ0v) is 17.0. The van der Waals surface area contributed by atoms with Crippen molar-refractivity contribution >= 4 is 28.3 Å². The first-order valence-electron chi connectivity index (χ1n) is 9.21. The molecule has 0 aliphatic carbocycles. The van der Waals surface area contributed by atoms with E-state index in [0.717, 1.165) is 46.1 Å². The maximum absolute atomic E-state index is 5.46. The van der Waals surface area contributed by atoms with Gasteiger partial charge in [0, 0.05) is 23.6 Å². The van der Waals surface area contributed by atoms with Crippen LogP contribution in [0.25, 0.3) is 16.6 Å². The summed E-state index contributed by atoms with van der Waals surface area (Å²) in [6.07, 6.45) is 1.73. The first kappa shape index (κ1) is 18.6. The fourth-order valence-corrected chi connectivity index (χ4v) is 4.03. The Morgan fingerprint density at radius 3 is 2.46 bits per heavy atom. The largest absolute Gasteiger partial charge is 0.493 e. The predicted molar refractivity (Wildman–Crippen MR) is 112 cm³/mol. The van der Waals surface area contributed by atoms with Gasteiger partial charge < -0.3 is 9.47 Å². The fourth-order valence-electron chi connectivity index (χ4n) is 3.10. The molecule has 0 spiro atoms. The van der Waals surface area contributed by atoms with E-state index in [-0.39, 0.29) is 0 Å². The van der Waals surface area contributed by atoms with Crippen LogP contribution in [0.15, 0.2) is 47.6 Å². The summed E-state index contributed by atoms with van der Waals surface area (Å²) in [6, 6.07) is 14.3. The van der Waals surface area contributed by atoms with Crippen LogP contribution in [0.1, 0.15) is 18.3 Å². The number of ether oxygens (including phenoxy) is 2. The SMILES string of the molecule is CCc1nc2c3cc(OC)c(OC)cc3nc(SCCc3ccccc3)n2n1. The van der Waals surface area contributed by atoms with Crippen LogP contribution in [0, 0.1) is 0 Å². The van der Waals surface area contributed by atoms with Gasteiger partial charge in [0.2, 0.25) is 0 Å². The molecule has 144 valence electrons. The maximum atomic E-state index is 5.46. The Bertz CT molecular complexity index is 1110. The van der Waals surface area contributed by atoms with E-state index >= 15 is 0 Å². The lowest BCUT2D eigenvalue weighted by Gasteiger charge is -2.11. The Morgan fingerprint density at radius 1 is 1.00 bits per heavy atom. The molecule has 0 radical (unpaired) electrons. The van der Waals surface area contributed by atoms with Crippen molar-refractivity contribution in [2.45, 2.75) is 24.9 Å². The highest BCUT2D eigenvalue weighted by Crippen LogP contribution is 2.34. The molecule has 28 heavy (non-hydrogen) atoms. The van der Waals surface area contributed by atoms with E-state index in [4.69, 9.17) is 19.4 Å². The summed E-state index contributed by atoms with van der Waals surface area (Å²) < 4.78 is 12.8. The molecule has 2 aromatic heterocycles. The lowest BCUT2D eigenvalue weighted by Crippen LogP contribution is -2.01. The van der Waals surface area contributed by atoms with Crippen LogP contribution in [-0.2, 0) is 12.8 Å². The lowest BCUT2D eigenvalue weighted by molar-refractivity contribution is 0.355. The number of nitrogens with zero attached hydrogens (tertiary/aromatic N) is 4. The van der Waals surface area contributed by atoms with E-state index in [1.54, 1.807) is 26.0 Å². The number of fused-ring (bicyclic) bond motifs is 3. The summed E-state index contributed by atoms with van der Waals surface area (Å²) in [6.45, 7) is 2.05. The van der Waals surface area contributed by atoms with Crippen molar-refractivity contribution in [1.82, 2.24) is 19.6 Å². The number of rotatable bonds is 7. The zero-order chi connectivity index (χ0) is 19.5. The number of aromatic nitrogens is 4. The molecule has 0 aliphatic heterocycles. The van der Waals surface area contributed by atoms with E-state index < -0.39 is 0 Å². The standard InChI is InChI=1S/C21H22N4O2S/c1-4-19-23-20-15-12-17(26-2)18(27-3)13-16(15)22-21(25(20)24-19)28-11-10-14-8-6-5-7-9-14/h5-9,12-13H,4,10-11H2,1-3H3. The van der Waals surface area contributed by atoms with Gasteiger partial charge in [0.15, 0.2) is 28.1 Å². The summed E-state index contributed by atoms with van der Waals surface area (Å²) >= 11 is 1.68. The molecule has 0 saturated heterocycles. The molecule has 2 aromatic carbocycles. The fraction of sp³-hybridized carbons (Fsp3) is 0.286. The Labute approximate surface area is 167 Å². The molecule has 0 N–H and O–H groups in total. The van der Waals surface area contributed by atoms with Gasteiger partial charge in [-0.15, -0.1) is 5.10 Å². The van der Waals surface area contributed by atoms with Crippen LogP contribution in [0.4, 0.5) is 0 Å². The second kappa shape index (κ2) is 8.06. The van der Waals surface area contributed by atoms with Crippen LogP contribution in [0.3, 0.4) is 0 Å². The molecule has 0 fully saturated rings. The van der Waals surface area contributed by atoms with Crippen molar-refractivity contribution in [1.29, 1.82) is 0 Å². The topological polar surface area (TPSA) is 61.5 Å². The van der Waals surface area contributed by atoms with E-state index in [1.165, 1.54) is 5.56 Å². The van der Waals surface area contributed by atoms with Gasteiger partial charge in [-0.2, -0.15) is 4.52 Å². The van der Waals surface area contributed by atoms with E-state index in [0.29, 0.717) is 11.5 Å². The molecule has 0 atom stereocenters. The average Bonchev–Trinajstić information content (AvgIpc) is 3.18. The van der Waals surface area contributed by atoms with Crippen LogP contribution in [-0.4, -0.2) is 39.6 Å². The number of aryl methyl sites for hydroxylation is 2. The molecule has 2 heterocycles. The normalized spacial score (nSPS) is 11.2. The van der Waals surface area contributed by atoms with Crippen LogP contribution >= 0.6 is 11.8 Å². The molecule has 0 amide bonds. The Hall–Kier alpha value is -2.80. The number of thioether (sulfide) groups is 1. The summed E-state index contributed by atoms with van der Waals surface area (Å²) in [7, 11) is 3.26. The van der Waals surface area contributed by atoms with Gasteiger partial charge in [-0.1, -0.05) is 49.0 Å². The second-order valence-electron chi connectivity index (χ2n) is 6.32. The van der Waals surface area contributed by atoms with Crippen molar-refractivity contribution in [2.75, 3.05) is 20.0 Å². The van der Waals surface area contributed by atoms with Crippen LogP contribution < -0.4 is 9.47 Å². The van der Waals surface area contributed by atoms with E-state index in [9.17, 15) is 0 Å². The molecule has 0 unspecified atom stereocenters. The van der Waals surface area contributed by atoms with Crippen molar-refractivity contribution < 1.29 is 9.47 Å². The molecule has 7 heteroatoms. The summed E-state index contributed by atoms with van der Waals surface area (Å²) in [5, 5.41) is 6.39. The van der Waals surface area contributed by atoms with Crippen molar-refractivity contribution in [3.05, 3.63) is 53.9 Å². The molecule has 4 rings (SSSR count). The minimum Gasteiger partial charge on any atom is -0.493 e. The quantitative estimate of drug-likeness (QED) is 0.346. The molecule has 4 aromatic rings. The Balaban J connectivity index is 1.76. The summed E-state index contributed by atoms with van der Waals surface area (Å²) in [4.78, 5) is 9.57. The number of methoxy groups -OCH3 is 2. The smallest absolute Gasteiger partial charge is 0.191 e. The third-order valence-corrected chi connectivity index (χ3v) is 5.50. The number of hydrogen-bond donors (Lipinski definition) is 0. The van der Waals surface area contributed by atoms with E-state index in [2.05, 4.69) is 36.3 Å². The third kappa shape index (κ3) is 3.49. The first-order chi connectivity index (χ1) is 13.7. The molecule has 0 saturated carbocycles. The molecule has 6 nitrogen and oxygen atoms in total. The zero-order valence-electron chi connectivity index (χ0n) is 16.2. The van der Waals surface area contributed by atoms with Gasteiger partial charge in [0.25, 0.3) is 0 Å². The predicted octanol–water partition coefficient (Wildman–Crippen LogP) is 4.19. The Morgan fingerprint density at radius 2 is 1.75 bits per heavy atom. The minimum absolute atomic E-state index is 0.655. The van der Waals surface area contributed by atoms with Gasteiger partial charge in [0.05, 0.1) is 19.7 Å². The monoisotopic (exact) mass is 394 g/mol. The highest BCUT2D eigenvalue weighted by atomic mass is 32.2. The molecule has 0 bridgehead atoms. The molecule has 0 aliphatic rings. The van der Waals surface area contributed by atoms with Crippen LogP contribution in [0.5, 0.6) is 11.5 Å². The summed E-state index contributed by atoms with van der Waals surface area (Å²) in [5.41, 5.74) is 2.93. The van der Waals surface area contributed by atoms with Gasteiger partial charge >= 0.3 is 0 Å². The van der Waals surface area contributed by atoms with Gasteiger partial charge in [0.1, 0.15) is 0 Å². The molecular formula is C21H22N4O2S. The van der Waals surface area contributed by atoms with Crippen molar-refractivity contribution in [3.8, 4) is 11.5 Å². The number of hydrogen-bond acceptors (Lipinski definition) is 6. The summed E-state index contributed by atoms with van der Waals surface area (Å²) in [5.74, 6) is 3.02. The third-order valence-electron chi connectivity index (χ3n) is 4.57. The van der Waals surface area contributed by atoms with Gasteiger partial charge in [-0.05, 0) is 18.1 Å². The second-order valence-corrected chi connectivity index (χ2v) is 7.38. The van der Waals surface area contributed by atoms with Gasteiger partial charge in [-0.3, -0.25) is 0 Å². The Kier molecular flexibility index (Phi) is 5.34. The average molecular weight is 395 g/mol. The highest BCUT2D eigenvalue weighted by molar-refractivity contribution is 7.99. The highest BCUT2D eigenvalue weighted by Gasteiger charge is 2.16.